The minimum atomic E-state index is -0.195. The van der Waals surface area contributed by atoms with Gasteiger partial charge < -0.3 is 10.6 Å². The maximum absolute atomic E-state index is 12.0. The van der Waals surface area contributed by atoms with E-state index in [9.17, 15) is 9.59 Å². The van der Waals surface area contributed by atoms with E-state index in [-0.39, 0.29) is 18.2 Å². The summed E-state index contributed by atoms with van der Waals surface area (Å²) in [6, 6.07) is 11.7. The molecule has 6 heteroatoms. The summed E-state index contributed by atoms with van der Waals surface area (Å²) >= 11 is 0. The molecule has 3 rings (SSSR count). The van der Waals surface area contributed by atoms with E-state index >= 15 is 0 Å². The molecule has 0 spiro atoms. The number of pyridine rings is 1. The summed E-state index contributed by atoms with van der Waals surface area (Å²) in [6.07, 6.45) is 5.96. The van der Waals surface area contributed by atoms with Crippen molar-refractivity contribution in [1.29, 1.82) is 0 Å². The Morgan fingerprint density at radius 1 is 1.00 bits per heavy atom. The Morgan fingerprint density at radius 2 is 1.74 bits per heavy atom. The van der Waals surface area contributed by atoms with Crippen molar-refractivity contribution in [2.45, 2.75) is 32.4 Å². The van der Waals surface area contributed by atoms with Gasteiger partial charge in [-0.25, -0.2) is 0 Å². The fourth-order valence-electron chi connectivity index (χ4n) is 3.22. The van der Waals surface area contributed by atoms with Crippen molar-refractivity contribution >= 4 is 11.8 Å². The molecule has 1 aromatic carbocycles. The zero-order valence-corrected chi connectivity index (χ0v) is 15.5. The van der Waals surface area contributed by atoms with E-state index in [1.165, 1.54) is 31.5 Å². The molecule has 0 atom stereocenters. The van der Waals surface area contributed by atoms with E-state index in [0.717, 1.165) is 12.1 Å². The first-order valence-corrected chi connectivity index (χ1v) is 9.46. The van der Waals surface area contributed by atoms with Crippen molar-refractivity contribution in [3.05, 3.63) is 65.5 Å². The van der Waals surface area contributed by atoms with E-state index in [1.807, 2.05) is 12.1 Å². The highest BCUT2D eigenvalue weighted by Crippen LogP contribution is 2.13. The smallest absolute Gasteiger partial charge is 0.251 e. The van der Waals surface area contributed by atoms with E-state index in [4.69, 9.17) is 0 Å². The van der Waals surface area contributed by atoms with Crippen LogP contribution >= 0.6 is 0 Å². The molecule has 0 aliphatic carbocycles. The lowest BCUT2D eigenvalue weighted by Gasteiger charge is -2.15. The Bertz CT molecular complexity index is 758. The number of nitrogens with one attached hydrogen (secondary N) is 2. The molecular formula is C21H26N4O2. The van der Waals surface area contributed by atoms with Crippen LogP contribution in [0.5, 0.6) is 0 Å². The summed E-state index contributed by atoms with van der Waals surface area (Å²) < 4.78 is 0. The highest BCUT2D eigenvalue weighted by Gasteiger charge is 2.12. The first-order valence-electron chi connectivity index (χ1n) is 9.46. The van der Waals surface area contributed by atoms with Crippen molar-refractivity contribution in [1.82, 2.24) is 20.5 Å². The molecular weight excluding hydrogens is 340 g/mol. The molecule has 0 bridgehead atoms. The van der Waals surface area contributed by atoms with Crippen molar-refractivity contribution in [3.8, 4) is 0 Å². The van der Waals surface area contributed by atoms with Gasteiger partial charge in [-0.15, -0.1) is 0 Å². The molecule has 2 N–H and O–H groups in total. The highest BCUT2D eigenvalue weighted by molar-refractivity contribution is 5.94. The SMILES string of the molecule is O=C(CCNC(=O)c1ccncc1)NCc1cccc(CN2CCCC2)c1. The molecule has 2 aromatic rings. The first kappa shape index (κ1) is 19.0. The van der Waals surface area contributed by atoms with Gasteiger partial charge in [-0.1, -0.05) is 24.3 Å². The largest absolute Gasteiger partial charge is 0.352 e. The van der Waals surface area contributed by atoms with Gasteiger partial charge in [0.05, 0.1) is 0 Å². The number of rotatable bonds is 8. The summed E-state index contributed by atoms with van der Waals surface area (Å²) in [7, 11) is 0. The molecule has 0 saturated carbocycles. The quantitative estimate of drug-likeness (QED) is 0.750. The van der Waals surface area contributed by atoms with Gasteiger partial charge in [-0.3, -0.25) is 19.5 Å². The number of aromatic nitrogens is 1. The third-order valence-electron chi connectivity index (χ3n) is 4.67. The van der Waals surface area contributed by atoms with Gasteiger partial charge in [0.25, 0.3) is 5.91 Å². The molecule has 0 radical (unpaired) electrons. The maximum atomic E-state index is 12.0. The van der Waals surface area contributed by atoms with Crippen molar-refractivity contribution in [3.63, 3.8) is 0 Å². The average Bonchev–Trinajstić information content (AvgIpc) is 3.20. The zero-order chi connectivity index (χ0) is 18.9. The number of hydrogen-bond donors (Lipinski definition) is 2. The van der Waals surface area contributed by atoms with Gasteiger partial charge in [0.2, 0.25) is 5.91 Å². The van der Waals surface area contributed by atoms with Crippen molar-refractivity contribution in [2.75, 3.05) is 19.6 Å². The third kappa shape index (κ3) is 6.18. The van der Waals surface area contributed by atoms with Crippen LogP contribution in [0, 0.1) is 0 Å². The number of likely N-dealkylation sites (tertiary alicyclic amines) is 1. The van der Waals surface area contributed by atoms with E-state index < -0.39 is 0 Å². The van der Waals surface area contributed by atoms with Crippen molar-refractivity contribution < 1.29 is 9.59 Å². The second-order valence-electron chi connectivity index (χ2n) is 6.82. The number of benzene rings is 1. The number of nitrogens with zero attached hydrogens (tertiary/aromatic N) is 2. The van der Waals surface area contributed by atoms with E-state index in [1.54, 1.807) is 24.5 Å². The topological polar surface area (TPSA) is 74.3 Å². The lowest BCUT2D eigenvalue weighted by Crippen LogP contribution is -2.30. The van der Waals surface area contributed by atoms with Crippen molar-refractivity contribution in [2.24, 2.45) is 0 Å². The number of carbonyl (C=O) groups is 2. The van der Waals surface area contributed by atoms with Crippen LogP contribution in [-0.2, 0) is 17.9 Å². The standard InChI is InChI=1S/C21H26N4O2/c26-20(8-11-23-21(27)19-6-9-22-10-7-19)24-15-17-4-3-5-18(14-17)16-25-12-1-2-13-25/h3-7,9-10,14H,1-2,8,11-13,15-16H2,(H,23,27)(H,24,26). The molecule has 6 nitrogen and oxygen atoms in total. The van der Waals surface area contributed by atoms with Crippen LogP contribution in [0.4, 0.5) is 0 Å². The number of amides is 2. The summed E-state index contributed by atoms with van der Waals surface area (Å²) in [4.78, 5) is 30.3. The van der Waals surface area contributed by atoms with E-state index in [2.05, 4.69) is 32.7 Å². The summed E-state index contributed by atoms with van der Waals surface area (Å²) in [6.45, 7) is 4.13. The summed E-state index contributed by atoms with van der Waals surface area (Å²) in [5.74, 6) is -0.269. The predicted octanol–water partition coefficient (Wildman–Crippen LogP) is 2.11. The molecule has 2 amide bonds. The Kier molecular flexibility index (Phi) is 6.93. The van der Waals surface area contributed by atoms with Crippen LogP contribution in [0.3, 0.4) is 0 Å². The molecule has 1 saturated heterocycles. The highest BCUT2D eigenvalue weighted by atomic mass is 16.2. The molecule has 2 heterocycles. The van der Waals surface area contributed by atoms with Crippen LogP contribution in [-0.4, -0.2) is 41.3 Å². The Balaban J connectivity index is 1.38. The average molecular weight is 366 g/mol. The Hall–Kier alpha value is -2.73. The monoisotopic (exact) mass is 366 g/mol. The fraction of sp³-hybridized carbons (Fsp3) is 0.381. The van der Waals surface area contributed by atoms with Gasteiger partial charge >= 0.3 is 0 Å². The summed E-state index contributed by atoms with van der Waals surface area (Å²) in [5, 5.41) is 5.66. The first-order chi connectivity index (χ1) is 13.2. The van der Waals surface area contributed by atoms with Crippen LogP contribution in [0.2, 0.25) is 0 Å². The maximum Gasteiger partial charge on any atom is 0.251 e. The molecule has 1 fully saturated rings. The van der Waals surface area contributed by atoms with Crippen LogP contribution in [0.1, 0.15) is 40.7 Å². The molecule has 0 unspecified atom stereocenters. The molecule has 27 heavy (non-hydrogen) atoms. The van der Waals surface area contributed by atoms with Gasteiger partial charge in [0.1, 0.15) is 0 Å². The van der Waals surface area contributed by atoms with Gasteiger partial charge in [-0.05, 0) is 49.2 Å². The second-order valence-corrected chi connectivity index (χ2v) is 6.82. The van der Waals surface area contributed by atoms with Crippen LogP contribution in [0.25, 0.3) is 0 Å². The Labute approximate surface area is 160 Å². The van der Waals surface area contributed by atoms with E-state index in [0.29, 0.717) is 18.7 Å². The second kappa shape index (κ2) is 9.83. The minimum absolute atomic E-state index is 0.0741. The van der Waals surface area contributed by atoms with Gasteiger partial charge in [0, 0.05) is 44.0 Å². The lowest BCUT2D eigenvalue weighted by atomic mass is 10.1. The molecule has 1 aromatic heterocycles. The summed E-state index contributed by atoms with van der Waals surface area (Å²) in [5.41, 5.74) is 2.93. The lowest BCUT2D eigenvalue weighted by molar-refractivity contribution is -0.121. The Morgan fingerprint density at radius 3 is 2.52 bits per heavy atom. The molecule has 1 aliphatic heterocycles. The number of carbonyl (C=O) groups excluding carboxylic acids is 2. The molecule has 1 aliphatic rings. The molecule has 142 valence electrons. The van der Waals surface area contributed by atoms with Gasteiger partial charge in [-0.2, -0.15) is 0 Å². The number of hydrogen-bond acceptors (Lipinski definition) is 4. The minimum Gasteiger partial charge on any atom is -0.352 e. The fourth-order valence-corrected chi connectivity index (χ4v) is 3.22. The zero-order valence-electron chi connectivity index (χ0n) is 15.5. The normalized spacial score (nSPS) is 14.1. The van der Waals surface area contributed by atoms with Crippen LogP contribution in [0.15, 0.2) is 48.8 Å². The van der Waals surface area contributed by atoms with Crippen LogP contribution < -0.4 is 10.6 Å². The predicted molar refractivity (Wildman–Crippen MR) is 104 cm³/mol. The third-order valence-corrected chi connectivity index (χ3v) is 4.67. The van der Waals surface area contributed by atoms with Gasteiger partial charge in [0.15, 0.2) is 0 Å².